The van der Waals surface area contributed by atoms with Crippen LogP contribution < -0.4 is 5.32 Å². The molecule has 1 N–H and O–H groups in total. The normalized spacial score (nSPS) is 16.3. The van der Waals surface area contributed by atoms with Gasteiger partial charge in [0.2, 0.25) is 0 Å². The Balaban J connectivity index is 2.38. The molecule has 4 nitrogen and oxygen atoms in total. The number of nitrogens with one attached hydrogen (secondary N) is 1. The average molecular weight is 299 g/mol. The van der Waals surface area contributed by atoms with E-state index in [4.69, 9.17) is 4.98 Å². The van der Waals surface area contributed by atoms with Gasteiger partial charge in [0.25, 0.3) is 0 Å². The van der Waals surface area contributed by atoms with Crippen molar-refractivity contribution in [3.8, 4) is 0 Å². The number of carbonyl (C=O) groups is 1. The van der Waals surface area contributed by atoms with Crippen molar-refractivity contribution in [1.82, 2.24) is 9.88 Å². The smallest absolute Gasteiger partial charge is 0.147 e. The molecule has 1 aromatic heterocycles. The lowest BCUT2D eigenvalue weighted by atomic mass is 9.96. The van der Waals surface area contributed by atoms with Gasteiger partial charge in [-0.2, -0.15) is 0 Å². The second kappa shape index (κ2) is 7.78. The zero-order valence-electron chi connectivity index (χ0n) is 13.5. The first kappa shape index (κ1) is 16.3. The molecule has 1 aliphatic heterocycles. The van der Waals surface area contributed by atoms with E-state index >= 15 is 0 Å². The molecule has 0 saturated carbocycles. The largest absolute Gasteiger partial charge is 0.367 e. The van der Waals surface area contributed by atoms with Crippen LogP contribution in [0, 0.1) is 0 Å². The fourth-order valence-electron chi connectivity index (χ4n) is 2.72. The van der Waals surface area contributed by atoms with E-state index in [0.717, 1.165) is 41.8 Å². The lowest BCUT2D eigenvalue weighted by Crippen LogP contribution is -2.26. The fraction of sp³-hybridized carbons (Fsp3) is 0.444. The van der Waals surface area contributed by atoms with Gasteiger partial charge in [-0.15, -0.1) is 6.58 Å². The number of fused-ring (bicyclic) bond motifs is 1. The Labute approximate surface area is 132 Å². The summed E-state index contributed by atoms with van der Waals surface area (Å²) in [5.74, 6) is 0.803. The number of pyridine rings is 1. The number of likely N-dealkylation sites (N-methyl/N-ethyl adjacent to an activating group) is 1. The topological polar surface area (TPSA) is 45.2 Å². The van der Waals surface area contributed by atoms with Gasteiger partial charge in [0, 0.05) is 31.0 Å². The van der Waals surface area contributed by atoms with Crippen molar-refractivity contribution in [1.29, 1.82) is 0 Å². The highest BCUT2D eigenvalue weighted by Crippen LogP contribution is 2.33. The summed E-state index contributed by atoms with van der Waals surface area (Å²) in [5.41, 5.74) is 3.13. The molecule has 0 bridgehead atoms. The summed E-state index contributed by atoms with van der Waals surface area (Å²) in [6.07, 6.45) is 11.3. The van der Waals surface area contributed by atoms with Crippen LogP contribution in [-0.2, 0) is 11.2 Å². The van der Waals surface area contributed by atoms with E-state index in [1.165, 1.54) is 12.8 Å². The Kier molecular flexibility index (Phi) is 5.75. The number of nitrogens with zero attached hydrogens (tertiary/aromatic N) is 2. The zero-order valence-corrected chi connectivity index (χ0v) is 13.5. The summed E-state index contributed by atoms with van der Waals surface area (Å²) in [5, 5.41) is 3.29. The lowest BCUT2D eigenvalue weighted by Gasteiger charge is -2.29. The Morgan fingerprint density at radius 2 is 2.27 bits per heavy atom. The zero-order chi connectivity index (χ0) is 15.9. The van der Waals surface area contributed by atoms with Crippen LogP contribution in [-0.4, -0.2) is 29.8 Å². The van der Waals surface area contributed by atoms with Crippen molar-refractivity contribution in [3.63, 3.8) is 0 Å². The summed E-state index contributed by atoms with van der Waals surface area (Å²) in [6.45, 7) is 6.58. The van der Waals surface area contributed by atoms with Crippen molar-refractivity contribution in [3.05, 3.63) is 41.7 Å². The highest BCUT2D eigenvalue weighted by Gasteiger charge is 2.25. The van der Waals surface area contributed by atoms with Gasteiger partial charge in [0.05, 0.1) is 0 Å². The van der Waals surface area contributed by atoms with Crippen molar-refractivity contribution in [2.75, 3.05) is 18.9 Å². The standard InChI is InChI=1S/C18H25N3O/c1-4-6-7-8-15-12-14-9-11-21(3)16(13-22)17(14)18(20-15)19-10-5-2/h5,9,11-13,16H,2,4,6-8,10H2,1,3H3,(H,19,20). The minimum atomic E-state index is -0.287. The van der Waals surface area contributed by atoms with E-state index in [9.17, 15) is 4.79 Å². The predicted octanol–water partition coefficient (Wildman–Crippen LogP) is 3.57. The lowest BCUT2D eigenvalue weighted by molar-refractivity contribution is -0.111. The Hall–Kier alpha value is -2.10. The summed E-state index contributed by atoms with van der Waals surface area (Å²) >= 11 is 0. The second-order valence-corrected chi connectivity index (χ2v) is 5.65. The van der Waals surface area contributed by atoms with Crippen LogP contribution in [0.2, 0.25) is 0 Å². The van der Waals surface area contributed by atoms with Crippen molar-refractivity contribution >= 4 is 18.2 Å². The van der Waals surface area contributed by atoms with Crippen molar-refractivity contribution < 1.29 is 4.79 Å². The number of hydrogen-bond donors (Lipinski definition) is 1. The first-order valence-corrected chi connectivity index (χ1v) is 7.95. The third-order valence-corrected chi connectivity index (χ3v) is 3.95. The monoisotopic (exact) mass is 299 g/mol. The van der Waals surface area contributed by atoms with Gasteiger partial charge in [-0.3, -0.25) is 0 Å². The number of unbranched alkanes of at least 4 members (excludes halogenated alkanes) is 2. The van der Waals surface area contributed by atoms with Gasteiger partial charge < -0.3 is 15.0 Å². The molecule has 0 aromatic carbocycles. The third kappa shape index (κ3) is 3.56. The minimum Gasteiger partial charge on any atom is -0.367 e. The number of hydrogen-bond acceptors (Lipinski definition) is 4. The van der Waals surface area contributed by atoms with Crippen molar-refractivity contribution in [2.24, 2.45) is 0 Å². The van der Waals surface area contributed by atoms with Gasteiger partial charge in [-0.05, 0) is 30.5 Å². The highest BCUT2D eigenvalue weighted by atomic mass is 16.1. The third-order valence-electron chi connectivity index (χ3n) is 3.95. The maximum absolute atomic E-state index is 11.5. The van der Waals surface area contributed by atoms with Crippen LogP contribution in [0.15, 0.2) is 24.9 Å². The number of anilines is 1. The van der Waals surface area contributed by atoms with Crippen LogP contribution in [0.3, 0.4) is 0 Å². The molecule has 118 valence electrons. The maximum atomic E-state index is 11.5. The molecule has 2 heterocycles. The van der Waals surface area contributed by atoms with E-state index in [2.05, 4.69) is 31.0 Å². The molecular weight excluding hydrogens is 274 g/mol. The van der Waals surface area contributed by atoms with E-state index in [1.807, 2.05) is 18.1 Å². The predicted molar refractivity (Wildman–Crippen MR) is 91.8 cm³/mol. The molecule has 1 unspecified atom stereocenters. The molecule has 0 amide bonds. The Morgan fingerprint density at radius 1 is 1.45 bits per heavy atom. The van der Waals surface area contributed by atoms with Crippen LogP contribution in [0.25, 0.3) is 6.08 Å². The van der Waals surface area contributed by atoms with Crippen molar-refractivity contribution in [2.45, 2.75) is 38.6 Å². The summed E-state index contributed by atoms with van der Waals surface area (Å²) < 4.78 is 0. The summed E-state index contributed by atoms with van der Waals surface area (Å²) in [6, 6.07) is 1.83. The summed E-state index contributed by atoms with van der Waals surface area (Å²) in [4.78, 5) is 18.2. The SMILES string of the molecule is C=CCNc1nc(CCCCC)cc2c1C(C=O)N(C)C=C2. The van der Waals surface area contributed by atoms with E-state index < -0.39 is 0 Å². The maximum Gasteiger partial charge on any atom is 0.147 e. The summed E-state index contributed by atoms with van der Waals surface area (Å²) in [7, 11) is 1.91. The molecule has 0 spiro atoms. The van der Waals surface area contributed by atoms with Crippen LogP contribution >= 0.6 is 0 Å². The molecule has 0 saturated heterocycles. The molecule has 1 aromatic rings. The minimum absolute atomic E-state index is 0.287. The number of aldehydes is 1. The molecule has 4 heteroatoms. The van der Waals surface area contributed by atoms with Crippen LogP contribution in [0.5, 0.6) is 0 Å². The second-order valence-electron chi connectivity index (χ2n) is 5.65. The molecule has 22 heavy (non-hydrogen) atoms. The van der Waals surface area contributed by atoms with Crippen LogP contribution in [0.4, 0.5) is 5.82 Å². The quantitative estimate of drug-likeness (QED) is 0.453. The Bertz CT molecular complexity index is 566. The number of aryl methyl sites for hydroxylation is 1. The van der Waals surface area contributed by atoms with Crippen LogP contribution in [0.1, 0.15) is 49.0 Å². The van der Waals surface area contributed by atoms with Gasteiger partial charge >= 0.3 is 0 Å². The molecular formula is C18H25N3O. The fourth-order valence-corrected chi connectivity index (χ4v) is 2.72. The van der Waals surface area contributed by atoms with E-state index in [1.54, 1.807) is 6.08 Å². The van der Waals surface area contributed by atoms with Gasteiger partial charge in [0.1, 0.15) is 18.1 Å². The molecule has 0 aliphatic carbocycles. The molecule has 0 fully saturated rings. The first-order valence-electron chi connectivity index (χ1n) is 7.95. The van der Waals surface area contributed by atoms with Gasteiger partial charge in [0.15, 0.2) is 0 Å². The highest BCUT2D eigenvalue weighted by molar-refractivity contribution is 5.75. The van der Waals surface area contributed by atoms with E-state index in [0.29, 0.717) is 6.54 Å². The molecule has 0 radical (unpaired) electrons. The number of carbonyl (C=O) groups excluding carboxylic acids is 1. The molecule has 1 atom stereocenters. The average Bonchev–Trinajstić information content (AvgIpc) is 2.53. The van der Waals surface area contributed by atoms with Gasteiger partial charge in [-0.25, -0.2) is 4.98 Å². The molecule has 1 aliphatic rings. The number of aromatic nitrogens is 1. The van der Waals surface area contributed by atoms with Gasteiger partial charge in [-0.1, -0.05) is 25.8 Å². The number of rotatable bonds is 8. The molecule has 2 rings (SSSR count). The Morgan fingerprint density at radius 3 is 2.95 bits per heavy atom. The van der Waals surface area contributed by atoms with E-state index in [-0.39, 0.29) is 6.04 Å². The first-order chi connectivity index (χ1) is 10.7.